The van der Waals surface area contributed by atoms with E-state index in [9.17, 15) is 14.0 Å². The second-order valence-electron chi connectivity index (χ2n) is 4.30. The smallest absolute Gasteiger partial charge is 0.251 e. The van der Waals surface area contributed by atoms with Crippen molar-refractivity contribution in [2.45, 2.75) is 19.9 Å². The Morgan fingerprint density at radius 2 is 1.90 bits per heavy atom. The zero-order valence-corrected chi connectivity index (χ0v) is 12.2. The van der Waals surface area contributed by atoms with Gasteiger partial charge in [0.05, 0.1) is 6.04 Å². The number of hydrogen-bond acceptors (Lipinski definition) is 3. The largest absolute Gasteiger partial charge is 0.353 e. The Bertz CT molecular complexity index is 481. The maximum Gasteiger partial charge on any atom is 0.251 e. The van der Waals surface area contributed by atoms with E-state index < -0.39 is 11.9 Å². The van der Waals surface area contributed by atoms with Gasteiger partial charge >= 0.3 is 0 Å². The fourth-order valence-electron chi connectivity index (χ4n) is 1.36. The Morgan fingerprint density at radius 1 is 1.30 bits per heavy atom. The van der Waals surface area contributed by atoms with Crippen LogP contribution in [0.4, 0.5) is 4.39 Å². The van der Waals surface area contributed by atoms with Crippen molar-refractivity contribution in [2.75, 3.05) is 13.1 Å². The second kappa shape index (κ2) is 8.50. The number of rotatable bonds is 5. The monoisotopic (exact) mass is 303 g/mol. The molecule has 0 fully saturated rings. The summed E-state index contributed by atoms with van der Waals surface area (Å²) in [5.41, 5.74) is 6.10. The van der Waals surface area contributed by atoms with Crippen molar-refractivity contribution in [3.63, 3.8) is 0 Å². The molecule has 0 aliphatic carbocycles. The molecule has 0 radical (unpaired) electrons. The molecular formula is C13H19ClFN3O2. The van der Waals surface area contributed by atoms with Crippen molar-refractivity contribution < 1.29 is 14.0 Å². The van der Waals surface area contributed by atoms with E-state index in [1.54, 1.807) is 26.0 Å². The fourth-order valence-corrected chi connectivity index (χ4v) is 1.36. The van der Waals surface area contributed by atoms with E-state index >= 15 is 0 Å². The molecule has 0 saturated carbocycles. The molecule has 0 aliphatic rings. The van der Waals surface area contributed by atoms with E-state index in [2.05, 4.69) is 10.6 Å². The molecule has 1 unspecified atom stereocenters. The number of hydrogen-bond donors (Lipinski definition) is 3. The molecule has 7 heteroatoms. The highest BCUT2D eigenvalue weighted by molar-refractivity contribution is 5.94. The molecule has 0 bridgehead atoms. The number of nitrogens with one attached hydrogen (secondary N) is 2. The Balaban J connectivity index is 0.00000361. The highest BCUT2D eigenvalue weighted by Gasteiger charge is 2.08. The summed E-state index contributed by atoms with van der Waals surface area (Å²) in [5.74, 6) is -1.08. The van der Waals surface area contributed by atoms with Crippen LogP contribution in [0.25, 0.3) is 0 Å². The molecule has 20 heavy (non-hydrogen) atoms. The zero-order chi connectivity index (χ0) is 14.4. The molecule has 0 heterocycles. The lowest BCUT2D eigenvalue weighted by atomic mass is 10.1. The van der Waals surface area contributed by atoms with Crippen molar-refractivity contribution in [1.82, 2.24) is 10.6 Å². The molecular weight excluding hydrogens is 285 g/mol. The lowest BCUT2D eigenvalue weighted by Crippen LogP contribution is -2.42. The maximum atomic E-state index is 13.3. The summed E-state index contributed by atoms with van der Waals surface area (Å²) in [6, 6.07) is 3.70. The van der Waals surface area contributed by atoms with Gasteiger partial charge in [0.2, 0.25) is 5.91 Å². The van der Waals surface area contributed by atoms with Gasteiger partial charge in [0.25, 0.3) is 5.91 Å². The third-order valence-electron chi connectivity index (χ3n) is 2.56. The molecule has 4 N–H and O–H groups in total. The minimum absolute atomic E-state index is 0. The molecule has 1 aromatic rings. The number of halogens is 2. The summed E-state index contributed by atoms with van der Waals surface area (Å²) in [6.07, 6.45) is 0. The van der Waals surface area contributed by atoms with Gasteiger partial charge in [0.15, 0.2) is 0 Å². The van der Waals surface area contributed by atoms with Crippen LogP contribution in [0.1, 0.15) is 22.8 Å². The first-order valence-electron chi connectivity index (χ1n) is 5.99. The predicted molar refractivity (Wildman–Crippen MR) is 77.4 cm³/mol. The summed E-state index contributed by atoms with van der Waals surface area (Å²) in [5, 5.41) is 5.14. The van der Waals surface area contributed by atoms with Crippen LogP contribution in [0.5, 0.6) is 0 Å². The predicted octanol–water partition coefficient (Wildman–Crippen LogP) is 0.749. The van der Waals surface area contributed by atoms with Crippen LogP contribution < -0.4 is 16.4 Å². The van der Waals surface area contributed by atoms with E-state index in [0.717, 1.165) is 0 Å². The zero-order valence-electron chi connectivity index (χ0n) is 11.4. The van der Waals surface area contributed by atoms with Crippen LogP contribution in [-0.2, 0) is 4.79 Å². The topological polar surface area (TPSA) is 84.2 Å². The van der Waals surface area contributed by atoms with Gasteiger partial charge in [-0.25, -0.2) is 4.39 Å². The standard InChI is InChI=1S/C13H18FN3O2.ClH/c1-8-3-4-10(7-11(8)14)13(19)17-6-5-16-12(18)9(2)15;/h3-4,7,9H,5-6,15H2,1-2H3,(H,16,18)(H,17,19);1H. The van der Waals surface area contributed by atoms with Crippen LogP contribution >= 0.6 is 12.4 Å². The van der Waals surface area contributed by atoms with Crippen LogP contribution in [0, 0.1) is 12.7 Å². The molecule has 0 aliphatic heterocycles. The first kappa shape index (κ1) is 18.3. The molecule has 1 rings (SSSR count). The molecule has 2 amide bonds. The molecule has 1 atom stereocenters. The third-order valence-corrected chi connectivity index (χ3v) is 2.56. The summed E-state index contributed by atoms with van der Waals surface area (Å²) >= 11 is 0. The van der Waals surface area contributed by atoms with Gasteiger partial charge in [-0.05, 0) is 31.5 Å². The summed E-state index contributed by atoms with van der Waals surface area (Å²) < 4.78 is 13.3. The molecule has 0 aromatic heterocycles. The second-order valence-corrected chi connectivity index (χ2v) is 4.30. The normalized spacial score (nSPS) is 11.2. The minimum Gasteiger partial charge on any atom is -0.353 e. The Kier molecular flexibility index (Phi) is 7.79. The van der Waals surface area contributed by atoms with Gasteiger partial charge in [0.1, 0.15) is 5.82 Å². The van der Waals surface area contributed by atoms with E-state index in [4.69, 9.17) is 5.73 Å². The van der Waals surface area contributed by atoms with Crippen LogP contribution in [-0.4, -0.2) is 30.9 Å². The highest BCUT2D eigenvalue weighted by atomic mass is 35.5. The van der Waals surface area contributed by atoms with Gasteiger partial charge in [-0.3, -0.25) is 9.59 Å². The summed E-state index contributed by atoms with van der Waals surface area (Å²) in [6.45, 7) is 3.73. The fraction of sp³-hybridized carbons (Fsp3) is 0.385. The van der Waals surface area contributed by atoms with Gasteiger partial charge in [-0.2, -0.15) is 0 Å². The van der Waals surface area contributed by atoms with Gasteiger partial charge in [-0.1, -0.05) is 6.07 Å². The lowest BCUT2D eigenvalue weighted by Gasteiger charge is -2.09. The SMILES string of the molecule is Cc1ccc(C(=O)NCCNC(=O)C(C)N)cc1F.Cl. The van der Waals surface area contributed by atoms with Crippen LogP contribution in [0.3, 0.4) is 0 Å². The third kappa shape index (κ3) is 5.54. The van der Waals surface area contributed by atoms with E-state index in [0.29, 0.717) is 5.56 Å². The van der Waals surface area contributed by atoms with E-state index in [-0.39, 0.29) is 42.9 Å². The average molecular weight is 304 g/mol. The van der Waals surface area contributed by atoms with Crippen molar-refractivity contribution in [2.24, 2.45) is 5.73 Å². The van der Waals surface area contributed by atoms with Gasteiger partial charge < -0.3 is 16.4 Å². The minimum atomic E-state index is -0.582. The lowest BCUT2D eigenvalue weighted by molar-refractivity contribution is -0.121. The number of carbonyl (C=O) groups excluding carboxylic acids is 2. The first-order chi connectivity index (χ1) is 8.91. The van der Waals surface area contributed by atoms with E-state index in [1.807, 2.05) is 0 Å². The maximum absolute atomic E-state index is 13.3. The molecule has 112 valence electrons. The Hall–Kier alpha value is -1.66. The Labute approximate surface area is 123 Å². The Morgan fingerprint density at radius 3 is 2.45 bits per heavy atom. The van der Waals surface area contributed by atoms with Crippen molar-refractivity contribution in [1.29, 1.82) is 0 Å². The molecule has 5 nitrogen and oxygen atoms in total. The van der Waals surface area contributed by atoms with Crippen LogP contribution in [0.15, 0.2) is 18.2 Å². The average Bonchev–Trinajstić information content (AvgIpc) is 2.37. The number of carbonyl (C=O) groups is 2. The number of amides is 2. The van der Waals surface area contributed by atoms with Crippen molar-refractivity contribution in [3.8, 4) is 0 Å². The number of nitrogens with two attached hydrogens (primary N) is 1. The van der Waals surface area contributed by atoms with Crippen molar-refractivity contribution in [3.05, 3.63) is 35.1 Å². The first-order valence-corrected chi connectivity index (χ1v) is 5.99. The summed E-state index contributed by atoms with van der Waals surface area (Å²) in [7, 11) is 0. The highest BCUT2D eigenvalue weighted by Crippen LogP contribution is 2.08. The van der Waals surface area contributed by atoms with E-state index in [1.165, 1.54) is 6.07 Å². The molecule has 0 saturated heterocycles. The quantitative estimate of drug-likeness (QED) is 0.702. The number of benzene rings is 1. The van der Waals surface area contributed by atoms with Crippen molar-refractivity contribution >= 4 is 24.2 Å². The van der Waals surface area contributed by atoms with Crippen LogP contribution in [0.2, 0.25) is 0 Å². The van der Waals surface area contributed by atoms with Gasteiger partial charge in [-0.15, -0.1) is 12.4 Å². The number of aryl methyl sites for hydroxylation is 1. The molecule has 0 spiro atoms. The van der Waals surface area contributed by atoms with Gasteiger partial charge in [0, 0.05) is 18.7 Å². The summed E-state index contributed by atoms with van der Waals surface area (Å²) in [4.78, 5) is 22.8. The molecule has 1 aromatic carbocycles.